The standard InChI is InChI=1S/C14H19N3OS/c1-10-11(2)19-14(17-10)13(16-7-8-18-3)12-5-4-6-15-9-12/h4-6,9,13,16H,7-8H2,1-3H3. The number of rotatable bonds is 6. The van der Waals surface area contributed by atoms with Crippen molar-refractivity contribution in [1.29, 1.82) is 0 Å². The Bertz CT molecular complexity index is 493. The zero-order valence-corrected chi connectivity index (χ0v) is 12.3. The number of methoxy groups -OCH3 is 1. The Hall–Kier alpha value is -1.30. The second-order valence-electron chi connectivity index (χ2n) is 4.36. The molecule has 0 radical (unpaired) electrons. The van der Waals surface area contributed by atoms with E-state index in [1.54, 1.807) is 24.6 Å². The first kappa shape index (κ1) is 14.1. The summed E-state index contributed by atoms with van der Waals surface area (Å²) in [5.41, 5.74) is 2.23. The van der Waals surface area contributed by atoms with Gasteiger partial charge in [0.2, 0.25) is 0 Å². The summed E-state index contributed by atoms with van der Waals surface area (Å²) in [6, 6.07) is 4.11. The van der Waals surface area contributed by atoms with Crippen molar-refractivity contribution in [3.05, 3.63) is 45.7 Å². The summed E-state index contributed by atoms with van der Waals surface area (Å²) in [6.45, 7) is 5.62. The summed E-state index contributed by atoms with van der Waals surface area (Å²) in [4.78, 5) is 10.1. The van der Waals surface area contributed by atoms with E-state index in [9.17, 15) is 0 Å². The van der Waals surface area contributed by atoms with Gasteiger partial charge in [0.25, 0.3) is 0 Å². The van der Waals surface area contributed by atoms with Crippen molar-refractivity contribution < 1.29 is 4.74 Å². The van der Waals surface area contributed by atoms with Gasteiger partial charge in [0.1, 0.15) is 5.01 Å². The summed E-state index contributed by atoms with van der Waals surface area (Å²) >= 11 is 1.73. The van der Waals surface area contributed by atoms with Crippen LogP contribution in [0.1, 0.15) is 27.2 Å². The molecule has 19 heavy (non-hydrogen) atoms. The Morgan fingerprint density at radius 2 is 2.26 bits per heavy atom. The molecular formula is C14H19N3OS. The van der Waals surface area contributed by atoms with Crippen molar-refractivity contribution >= 4 is 11.3 Å². The Balaban J connectivity index is 2.23. The van der Waals surface area contributed by atoms with Crippen LogP contribution in [0.4, 0.5) is 0 Å². The molecule has 0 saturated heterocycles. The van der Waals surface area contributed by atoms with Gasteiger partial charge in [-0.1, -0.05) is 6.07 Å². The third-order valence-electron chi connectivity index (χ3n) is 2.96. The third kappa shape index (κ3) is 3.59. The molecule has 0 saturated carbocycles. The highest BCUT2D eigenvalue weighted by Crippen LogP contribution is 2.27. The van der Waals surface area contributed by atoms with Crippen LogP contribution in [0.2, 0.25) is 0 Å². The van der Waals surface area contributed by atoms with Crippen LogP contribution in [0.3, 0.4) is 0 Å². The van der Waals surface area contributed by atoms with Crippen LogP contribution in [-0.4, -0.2) is 30.2 Å². The minimum atomic E-state index is 0.0845. The monoisotopic (exact) mass is 277 g/mol. The maximum absolute atomic E-state index is 5.10. The topological polar surface area (TPSA) is 47.0 Å². The van der Waals surface area contributed by atoms with E-state index in [1.165, 1.54) is 4.88 Å². The number of nitrogens with zero attached hydrogens (tertiary/aromatic N) is 2. The van der Waals surface area contributed by atoms with Crippen LogP contribution in [0.25, 0.3) is 0 Å². The van der Waals surface area contributed by atoms with Crippen LogP contribution in [-0.2, 0) is 4.74 Å². The van der Waals surface area contributed by atoms with Crippen molar-refractivity contribution in [2.45, 2.75) is 19.9 Å². The predicted molar refractivity (Wildman–Crippen MR) is 77.5 cm³/mol. The molecular weight excluding hydrogens is 258 g/mol. The second-order valence-corrected chi connectivity index (χ2v) is 5.59. The number of hydrogen-bond donors (Lipinski definition) is 1. The fourth-order valence-corrected chi connectivity index (χ4v) is 2.85. The molecule has 2 heterocycles. The van der Waals surface area contributed by atoms with Gasteiger partial charge < -0.3 is 10.1 Å². The average molecular weight is 277 g/mol. The Labute approximate surface area is 117 Å². The average Bonchev–Trinajstić information content (AvgIpc) is 2.75. The van der Waals surface area contributed by atoms with Crippen molar-refractivity contribution in [2.75, 3.05) is 20.3 Å². The highest BCUT2D eigenvalue weighted by atomic mass is 32.1. The molecule has 4 nitrogen and oxygen atoms in total. The van der Waals surface area contributed by atoms with Crippen molar-refractivity contribution in [1.82, 2.24) is 15.3 Å². The van der Waals surface area contributed by atoms with E-state index in [2.05, 4.69) is 28.3 Å². The lowest BCUT2D eigenvalue weighted by atomic mass is 10.1. The van der Waals surface area contributed by atoms with Crippen LogP contribution in [0.15, 0.2) is 24.5 Å². The molecule has 0 spiro atoms. The number of aromatic nitrogens is 2. The van der Waals surface area contributed by atoms with E-state index < -0.39 is 0 Å². The van der Waals surface area contributed by atoms with Gasteiger partial charge in [-0.15, -0.1) is 11.3 Å². The first-order valence-electron chi connectivity index (χ1n) is 6.28. The highest BCUT2D eigenvalue weighted by molar-refractivity contribution is 7.11. The van der Waals surface area contributed by atoms with E-state index in [4.69, 9.17) is 4.74 Å². The number of ether oxygens (including phenoxy) is 1. The van der Waals surface area contributed by atoms with Crippen molar-refractivity contribution in [3.63, 3.8) is 0 Å². The zero-order valence-electron chi connectivity index (χ0n) is 11.5. The van der Waals surface area contributed by atoms with Gasteiger partial charge in [-0.2, -0.15) is 0 Å². The number of aryl methyl sites for hydroxylation is 2. The lowest BCUT2D eigenvalue weighted by Crippen LogP contribution is -2.26. The van der Waals surface area contributed by atoms with Gasteiger partial charge in [-0.05, 0) is 25.5 Å². The molecule has 0 fully saturated rings. The van der Waals surface area contributed by atoms with Gasteiger partial charge >= 0.3 is 0 Å². The number of nitrogens with one attached hydrogen (secondary N) is 1. The molecule has 0 amide bonds. The maximum Gasteiger partial charge on any atom is 0.115 e. The van der Waals surface area contributed by atoms with Crippen molar-refractivity contribution in [3.8, 4) is 0 Å². The molecule has 1 unspecified atom stereocenters. The maximum atomic E-state index is 5.10. The summed E-state index contributed by atoms with van der Waals surface area (Å²) < 4.78 is 5.10. The summed E-state index contributed by atoms with van der Waals surface area (Å²) in [5, 5.41) is 4.56. The Kier molecular flexibility index (Phi) is 5.01. The molecule has 2 rings (SSSR count). The van der Waals surface area contributed by atoms with Crippen LogP contribution >= 0.6 is 11.3 Å². The highest BCUT2D eigenvalue weighted by Gasteiger charge is 2.18. The third-order valence-corrected chi connectivity index (χ3v) is 4.10. The quantitative estimate of drug-likeness (QED) is 0.824. The second kappa shape index (κ2) is 6.75. The number of thiazole rings is 1. The number of pyridine rings is 1. The predicted octanol–water partition coefficient (Wildman–Crippen LogP) is 2.48. The van der Waals surface area contributed by atoms with Crippen molar-refractivity contribution in [2.24, 2.45) is 0 Å². The Morgan fingerprint density at radius 1 is 1.42 bits per heavy atom. The molecule has 0 bridgehead atoms. The minimum absolute atomic E-state index is 0.0845. The largest absolute Gasteiger partial charge is 0.383 e. The van der Waals surface area contributed by atoms with E-state index >= 15 is 0 Å². The zero-order chi connectivity index (χ0) is 13.7. The fraction of sp³-hybridized carbons (Fsp3) is 0.429. The first-order valence-corrected chi connectivity index (χ1v) is 7.10. The van der Waals surface area contributed by atoms with Crippen LogP contribution in [0, 0.1) is 13.8 Å². The molecule has 102 valence electrons. The molecule has 5 heteroatoms. The molecule has 2 aromatic rings. The molecule has 1 N–H and O–H groups in total. The lowest BCUT2D eigenvalue weighted by Gasteiger charge is -2.16. The minimum Gasteiger partial charge on any atom is -0.383 e. The number of hydrogen-bond acceptors (Lipinski definition) is 5. The molecule has 0 aromatic carbocycles. The van der Waals surface area contributed by atoms with Gasteiger partial charge in [0.15, 0.2) is 0 Å². The SMILES string of the molecule is COCCNC(c1cccnc1)c1nc(C)c(C)s1. The van der Waals surface area contributed by atoms with Gasteiger partial charge in [-0.25, -0.2) is 4.98 Å². The molecule has 0 aliphatic heterocycles. The van der Waals surface area contributed by atoms with Crippen LogP contribution in [0.5, 0.6) is 0 Å². The molecule has 2 aromatic heterocycles. The first-order chi connectivity index (χ1) is 9.22. The van der Waals surface area contributed by atoms with E-state index in [0.717, 1.165) is 22.8 Å². The molecule has 0 aliphatic rings. The smallest absolute Gasteiger partial charge is 0.115 e. The normalized spacial score (nSPS) is 12.6. The van der Waals surface area contributed by atoms with Crippen LogP contribution < -0.4 is 5.32 Å². The Morgan fingerprint density at radius 3 is 2.84 bits per heavy atom. The van der Waals surface area contributed by atoms with Gasteiger partial charge in [0, 0.05) is 30.9 Å². The van der Waals surface area contributed by atoms with E-state index in [-0.39, 0.29) is 6.04 Å². The van der Waals surface area contributed by atoms with E-state index in [0.29, 0.717) is 6.61 Å². The van der Waals surface area contributed by atoms with E-state index in [1.807, 2.05) is 19.2 Å². The van der Waals surface area contributed by atoms with Gasteiger partial charge in [0.05, 0.1) is 18.3 Å². The summed E-state index contributed by atoms with van der Waals surface area (Å²) in [6.07, 6.45) is 3.67. The van der Waals surface area contributed by atoms with Gasteiger partial charge in [-0.3, -0.25) is 4.98 Å². The fourth-order valence-electron chi connectivity index (χ4n) is 1.82. The lowest BCUT2D eigenvalue weighted by molar-refractivity contribution is 0.197. The molecule has 1 atom stereocenters. The summed E-state index contributed by atoms with van der Waals surface area (Å²) in [5.74, 6) is 0. The summed E-state index contributed by atoms with van der Waals surface area (Å²) in [7, 11) is 1.71. The molecule has 0 aliphatic carbocycles.